The van der Waals surface area contributed by atoms with E-state index in [-0.39, 0.29) is 17.4 Å². The zero-order valence-electron chi connectivity index (χ0n) is 9.77. The fourth-order valence-corrected chi connectivity index (χ4v) is 1.26. The monoisotopic (exact) mass is 270 g/mol. The average Bonchev–Trinajstić information content (AvgIpc) is 2.30. The van der Waals surface area contributed by atoms with Crippen molar-refractivity contribution in [2.24, 2.45) is 0 Å². The van der Waals surface area contributed by atoms with E-state index in [9.17, 15) is 13.2 Å². The lowest BCUT2D eigenvalue weighted by molar-refractivity contribution is -0.145. The van der Waals surface area contributed by atoms with E-state index < -0.39 is 12.0 Å². The number of aryl methyl sites for hydroxylation is 1. The van der Waals surface area contributed by atoms with Crippen LogP contribution in [-0.2, 0) is 6.18 Å². The Kier molecular flexibility index (Phi) is 3.24. The van der Waals surface area contributed by atoms with E-state index in [0.717, 1.165) is 11.8 Å². The number of halogens is 3. The number of nitrogens with two attached hydrogens (primary N) is 1. The number of ether oxygens (including phenoxy) is 1. The van der Waals surface area contributed by atoms with Crippen molar-refractivity contribution in [1.29, 1.82) is 0 Å². The number of anilines is 1. The molecule has 5 nitrogen and oxygen atoms in total. The molecule has 0 atom stereocenters. The molecule has 0 spiro atoms. The van der Waals surface area contributed by atoms with Crippen LogP contribution in [-0.4, -0.2) is 15.0 Å². The molecule has 19 heavy (non-hydrogen) atoms. The van der Waals surface area contributed by atoms with Crippen LogP contribution in [0.3, 0.4) is 0 Å². The number of nitrogens with zero attached hydrogens (tertiary/aromatic N) is 3. The van der Waals surface area contributed by atoms with E-state index in [1.807, 2.05) is 0 Å². The Balaban J connectivity index is 2.30. The van der Waals surface area contributed by atoms with Gasteiger partial charge >= 0.3 is 6.18 Å². The summed E-state index contributed by atoms with van der Waals surface area (Å²) >= 11 is 0. The Morgan fingerprint density at radius 3 is 2.53 bits per heavy atom. The van der Waals surface area contributed by atoms with Crippen molar-refractivity contribution in [3.05, 3.63) is 35.9 Å². The molecule has 2 aromatic heterocycles. The van der Waals surface area contributed by atoms with Crippen molar-refractivity contribution in [3.8, 4) is 11.6 Å². The molecular weight excluding hydrogens is 261 g/mol. The first-order valence-corrected chi connectivity index (χ1v) is 5.17. The van der Waals surface area contributed by atoms with Crippen molar-refractivity contribution in [2.75, 3.05) is 5.73 Å². The van der Waals surface area contributed by atoms with Crippen LogP contribution in [0.25, 0.3) is 0 Å². The third-order valence-electron chi connectivity index (χ3n) is 2.08. The Hall–Kier alpha value is -2.38. The highest BCUT2D eigenvalue weighted by atomic mass is 19.4. The number of alkyl halides is 3. The van der Waals surface area contributed by atoms with Gasteiger partial charge in [-0.05, 0) is 19.1 Å². The molecule has 8 heteroatoms. The van der Waals surface area contributed by atoms with E-state index in [1.54, 1.807) is 19.1 Å². The van der Waals surface area contributed by atoms with Gasteiger partial charge in [-0.1, -0.05) is 0 Å². The van der Waals surface area contributed by atoms with Gasteiger partial charge in [-0.2, -0.15) is 18.2 Å². The number of rotatable bonds is 2. The second-order valence-corrected chi connectivity index (χ2v) is 3.69. The minimum absolute atomic E-state index is 0.261. The largest absolute Gasteiger partial charge is 0.451 e. The van der Waals surface area contributed by atoms with Crippen LogP contribution < -0.4 is 10.5 Å². The van der Waals surface area contributed by atoms with Gasteiger partial charge < -0.3 is 10.5 Å². The van der Waals surface area contributed by atoms with Crippen molar-refractivity contribution < 1.29 is 17.9 Å². The summed E-state index contributed by atoms with van der Waals surface area (Å²) in [6, 6.07) is 4.33. The lowest BCUT2D eigenvalue weighted by Crippen LogP contribution is -2.12. The Labute approximate surface area is 106 Å². The van der Waals surface area contributed by atoms with Crippen LogP contribution in [0.2, 0.25) is 0 Å². The fraction of sp³-hybridized carbons (Fsp3) is 0.182. The molecule has 2 rings (SSSR count). The maximum Gasteiger partial charge on any atom is 0.451 e. The first-order chi connectivity index (χ1) is 8.84. The van der Waals surface area contributed by atoms with Gasteiger partial charge in [0.15, 0.2) is 0 Å². The van der Waals surface area contributed by atoms with Crippen LogP contribution in [0.4, 0.5) is 19.0 Å². The lowest BCUT2D eigenvalue weighted by Gasteiger charge is -2.09. The minimum atomic E-state index is -4.68. The molecule has 0 bridgehead atoms. The zero-order valence-corrected chi connectivity index (χ0v) is 9.77. The molecule has 0 aliphatic rings. The predicted molar refractivity (Wildman–Crippen MR) is 60.5 cm³/mol. The van der Waals surface area contributed by atoms with Crippen molar-refractivity contribution in [1.82, 2.24) is 15.0 Å². The molecule has 0 radical (unpaired) electrons. The van der Waals surface area contributed by atoms with Crippen molar-refractivity contribution in [3.63, 3.8) is 0 Å². The molecule has 2 heterocycles. The van der Waals surface area contributed by atoms with E-state index in [1.165, 1.54) is 6.20 Å². The standard InChI is InChI=1S/C11H9F3N4O/c1-6-2-3-7(5-16-6)19-9-4-8(15)17-10(18-9)11(12,13)14/h2-5H,1H3,(H2,15,17,18). The first-order valence-electron chi connectivity index (χ1n) is 5.17. The summed E-state index contributed by atoms with van der Waals surface area (Å²) in [6.45, 7) is 1.77. The molecule has 0 aliphatic heterocycles. The first kappa shape index (κ1) is 13.1. The number of hydrogen-bond acceptors (Lipinski definition) is 5. The summed E-state index contributed by atoms with van der Waals surface area (Å²) in [4.78, 5) is 10.3. The molecule has 0 aromatic carbocycles. The Morgan fingerprint density at radius 2 is 1.95 bits per heavy atom. The predicted octanol–water partition coefficient (Wildman–Crippen LogP) is 2.57. The maximum atomic E-state index is 12.5. The number of nitrogen functional groups attached to an aromatic ring is 1. The zero-order chi connectivity index (χ0) is 14.0. The highest BCUT2D eigenvalue weighted by Crippen LogP contribution is 2.29. The van der Waals surface area contributed by atoms with Crippen LogP contribution in [0.5, 0.6) is 11.6 Å². The minimum Gasteiger partial charge on any atom is -0.437 e. The normalized spacial score (nSPS) is 11.4. The average molecular weight is 270 g/mol. The SMILES string of the molecule is Cc1ccc(Oc2cc(N)nc(C(F)(F)F)n2)cn1. The molecule has 0 unspecified atom stereocenters. The lowest BCUT2D eigenvalue weighted by atomic mass is 10.4. The summed E-state index contributed by atoms with van der Waals surface area (Å²) in [5.41, 5.74) is 6.04. The molecule has 0 fully saturated rings. The van der Waals surface area contributed by atoms with Crippen LogP contribution in [0.15, 0.2) is 24.4 Å². The van der Waals surface area contributed by atoms with Gasteiger partial charge in [-0.15, -0.1) is 0 Å². The molecular formula is C11H9F3N4O. The quantitative estimate of drug-likeness (QED) is 0.907. The molecule has 100 valence electrons. The van der Waals surface area contributed by atoms with E-state index in [2.05, 4.69) is 15.0 Å². The summed E-state index contributed by atoms with van der Waals surface area (Å²) in [6.07, 6.45) is -3.31. The molecule has 0 amide bonds. The highest BCUT2D eigenvalue weighted by Gasteiger charge is 2.35. The fourth-order valence-electron chi connectivity index (χ4n) is 1.26. The third-order valence-corrected chi connectivity index (χ3v) is 2.08. The van der Waals surface area contributed by atoms with Gasteiger partial charge in [-0.25, -0.2) is 4.98 Å². The Morgan fingerprint density at radius 1 is 1.21 bits per heavy atom. The van der Waals surface area contributed by atoms with Gasteiger partial charge in [-0.3, -0.25) is 4.98 Å². The van der Waals surface area contributed by atoms with E-state index >= 15 is 0 Å². The second kappa shape index (κ2) is 4.71. The topological polar surface area (TPSA) is 73.9 Å². The molecule has 2 N–H and O–H groups in total. The van der Waals surface area contributed by atoms with E-state index in [4.69, 9.17) is 10.5 Å². The van der Waals surface area contributed by atoms with Crippen molar-refractivity contribution >= 4 is 5.82 Å². The molecule has 0 saturated carbocycles. The van der Waals surface area contributed by atoms with Gasteiger partial charge in [0.25, 0.3) is 0 Å². The summed E-state index contributed by atoms with van der Waals surface area (Å²) in [7, 11) is 0. The van der Waals surface area contributed by atoms with Crippen LogP contribution in [0.1, 0.15) is 11.5 Å². The number of aromatic nitrogens is 3. The molecule has 0 saturated heterocycles. The molecule has 0 aliphatic carbocycles. The maximum absolute atomic E-state index is 12.5. The smallest absolute Gasteiger partial charge is 0.437 e. The number of hydrogen-bond donors (Lipinski definition) is 1. The van der Waals surface area contributed by atoms with E-state index in [0.29, 0.717) is 0 Å². The van der Waals surface area contributed by atoms with Crippen LogP contribution in [0, 0.1) is 6.92 Å². The van der Waals surface area contributed by atoms with Gasteiger partial charge in [0, 0.05) is 11.8 Å². The van der Waals surface area contributed by atoms with Crippen LogP contribution >= 0.6 is 0 Å². The highest BCUT2D eigenvalue weighted by molar-refractivity contribution is 5.35. The Bertz CT molecular complexity index is 583. The summed E-state index contributed by atoms with van der Waals surface area (Å²) in [5.74, 6) is -1.69. The van der Waals surface area contributed by atoms with Gasteiger partial charge in [0.05, 0.1) is 6.20 Å². The second-order valence-electron chi connectivity index (χ2n) is 3.69. The summed E-state index contributed by atoms with van der Waals surface area (Å²) in [5, 5.41) is 0. The van der Waals surface area contributed by atoms with Gasteiger partial charge in [0.1, 0.15) is 11.6 Å². The number of pyridine rings is 1. The summed E-state index contributed by atoms with van der Waals surface area (Å²) < 4.78 is 42.6. The van der Waals surface area contributed by atoms with Gasteiger partial charge in [0.2, 0.25) is 11.7 Å². The third kappa shape index (κ3) is 3.30. The molecule has 2 aromatic rings. The van der Waals surface area contributed by atoms with Crippen molar-refractivity contribution in [2.45, 2.75) is 13.1 Å².